The Morgan fingerprint density at radius 3 is 2.14 bits per heavy atom. The van der Waals surface area contributed by atoms with Crippen molar-refractivity contribution >= 4 is 11.4 Å². The van der Waals surface area contributed by atoms with Gasteiger partial charge in [0, 0.05) is 5.71 Å². The number of aliphatic imine (C=N–C) groups is 1. The van der Waals surface area contributed by atoms with Gasteiger partial charge in [0.15, 0.2) is 0 Å². The summed E-state index contributed by atoms with van der Waals surface area (Å²) in [6.07, 6.45) is 1.12. The lowest BCUT2D eigenvalue weighted by molar-refractivity contribution is 0.415. The van der Waals surface area contributed by atoms with Gasteiger partial charge in [-0.2, -0.15) is 0 Å². The fourth-order valence-electron chi connectivity index (χ4n) is 2.27. The van der Waals surface area contributed by atoms with Crippen molar-refractivity contribution in [2.24, 2.45) is 10.9 Å². The van der Waals surface area contributed by atoms with Gasteiger partial charge in [-0.25, -0.2) is 0 Å². The van der Waals surface area contributed by atoms with E-state index in [-0.39, 0.29) is 0 Å². The van der Waals surface area contributed by atoms with E-state index in [0.29, 0.717) is 5.92 Å². The molecule has 0 aliphatic carbocycles. The summed E-state index contributed by atoms with van der Waals surface area (Å²) >= 11 is 0. The highest BCUT2D eigenvalue weighted by Gasteiger charge is 2.01. The first kappa shape index (κ1) is 15.3. The van der Waals surface area contributed by atoms with Gasteiger partial charge in [0.2, 0.25) is 0 Å². The van der Waals surface area contributed by atoms with E-state index in [1.807, 2.05) is 31.2 Å². The summed E-state index contributed by atoms with van der Waals surface area (Å²) in [6, 6.07) is 16.5. The van der Waals surface area contributed by atoms with Gasteiger partial charge in [-0.1, -0.05) is 38.1 Å². The van der Waals surface area contributed by atoms with Crippen LogP contribution in [0.25, 0.3) is 0 Å². The standard InChI is InChI=1S/C19H23NO/c1-14(2)13-16-5-7-17(8-6-16)15(3)20-18-9-11-19(21-4)12-10-18/h5-12,14H,13H2,1-4H3. The summed E-state index contributed by atoms with van der Waals surface area (Å²) in [7, 11) is 1.67. The molecule has 21 heavy (non-hydrogen) atoms. The molecular weight excluding hydrogens is 258 g/mol. The van der Waals surface area contributed by atoms with Crippen LogP contribution in [0.1, 0.15) is 31.9 Å². The third-order valence-corrected chi connectivity index (χ3v) is 3.38. The Balaban J connectivity index is 2.14. The van der Waals surface area contributed by atoms with Gasteiger partial charge in [0.25, 0.3) is 0 Å². The van der Waals surface area contributed by atoms with E-state index in [0.717, 1.165) is 23.6 Å². The van der Waals surface area contributed by atoms with Gasteiger partial charge >= 0.3 is 0 Å². The number of ether oxygens (including phenoxy) is 1. The maximum atomic E-state index is 5.16. The first-order valence-electron chi connectivity index (χ1n) is 7.37. The second-order valence-corrected chi connectivity index (χ2v) is 5.69. The minimum Gasteiger partial charge on any atom is -0.497 e. The highest BCUT2D eigenvalue weighted by molar-refractivity contribution is 6.00. The minimum absolute atomic E-state index is 0.685. The molecule has 2 aromatic carbocycles. The maximum absolute atomic E-state index is 5.16. The molecule has 2 nitrogen and oxygen atoms in total. The number of benzene rings is 2. The molecule has 2 aromatic rings. The number of rotatable bonds is 5. The molecule has 2 rings (SSSR count). The number of methoxy groups -OCH3 is 1. The summed E-state index contributed by atoms with van der Waals surface area (Å²) in [4.78, 5) is 4.66. The van der Waals surface area contributed by atoms with Crippen LogP contribution in [0.4, 0.5) is 5.69 Å². The summed E-state index contributed by atoms with van der Waals surface area (Å²) in [5.41, 5.74) is 4.51. The van der Waals surface area contributed by atoms with Crippen molar-refractivity contribution in [3.63, 3.8) is 0 Å². The topological polar surface area (TPSA) is 21.6 Å². The van der Waals surface area contributed by atoms with Crippen molar-refractivity contribution in [1.82, 2.24) is 0 Å². The zero-order valence-corrected chi connectivity index (χ0v) is 13.3. The second-order valence-electron chi connectivity index (χ2n) is 5.69. The molecule has 0 heterocycles. The molecule has 0 spiro atoms. The van der Waals surface area contributed by atoms with E-state index >= 15 is 0 Å². The summed E-state index contributed by atoms with van der Waals surface area (Å²) in [6.45, 7) is 6.52. The largest absolute Gasteiger partial charge is 0.497 e. The molecule has 2 heteroatoms. The smallest absolute Gasteiger partial charge is 0.119 e. The Bertz CT molecular complexity index is 594. The molecule has 0 aliphatic heterocycles. The average Bonchev–Trinajstić information content (AvgIpc) is 2.48. The van der Waals surface area contributed by atoms with E-state index in [4.69, 9.17) is 4.74 Å². The van der Waals surface area contributed by atoms with Gasteiger partial charge in [-0.05, 0) is 54.7 Å². The third-order valence-electron chi connectivity index (χ3n) is 3.38. The molecule has 0 amide bonds. The molecule has 0 N–H and O–H groups in total. The lowest BCUT2D eigenvalue weighted by Gasteiger charge is -2.07. The third kappa shape index (κ3) is 4.45. The van der Waals surface area contributed by atoms with Crippen molar-refractivity contribution in [1.29, 1.82) is 0 Å². The van der Waals surface area contributed by atoms with Crippen LogP contribution in [-0.4, -0.2) is 12.8 Å². The highest BCUT2D eigenvalue weighted by Crippen LogP contribution is 2.19. The van der Waals surface area contributed by atoms with Crippen molar-refractivity contribution < 1.29 is 4.74 Å². The Kier molecular flexibility index (Phi) is 5.15. The van der Waals surface area contributed by atoms with Gasteiger partial charge < -0.3 is 4.74 Å². The van der Waals surface area contributed by atoms with Crippen molar-refractivity contribution in [3.05, 3.63) is 59.7 Å². The van der Waals surface area contributed by atoms with Crippen molar-refractivity contribution in [3.8, 4) is 5.75 Å². The lowest BCUT2D eigenvalue weighted by Crippen LogP contribution is -1.97. The Morgan fingerprint density at radius 2 is 1.62 bits per heavy atom. The lowest BCUT2D eigenvalue weighted by atomic mass is 10.0. The summed E-state index contributed by atoms with van der Waals surface area (Å²) in [5, 5.41) is 0. The fraction of sp³-hybridized carbons (Fsp3) is 0.316. The molecule has 110 valence electrons. The van der Waals surface area contributed by atoms with Crippen LogP contribution in [0.5, 0.6) is 5.75 Å². The molecule has 0 bridgehead atoms. The molecule has 0 saturated heterocycles. The molecular formula is C19H23NO. The Morgan fingerprint density at radius 1 is 1.00 bits per heavy atom. The van der Waals surface area contributed by atoms with Gasteiger partial charge in [0.1, 0.15) is 5.75 Å². The fourth-order valence-corrected chi connectivity index (χ4v) is 2.27. The SMILES string of the molecule is COc1ccc(N=C(C)c2ccc(CC(C)C)cc2)cc1. The van der Waals surface area contributed by atoms with Gasteiger partial charge in [0.05, 0.1) is 12.8 Å². The Labute approximate surface area is 127 Å². The zero-order chi connectivity index (χ0) is 15.2. The van der Waals surface area contributed by atoms with Crippen LogP contribution < -0.4 is 4.74 Å². The molecule has 0 atom stereocenters. The van der Waals surface area contributed by atoms with Crippen LogP contribution in [0.15, 0.2) is 53.5 Å². The second kappa shape index (κ2) is 7.07. The summed E-state index contributed by atoms with van der Waals surface area (Å²) < 4.78 is 5.16. The number of nitrogens with zero attached hydrogens (tertiary/aromatic N) is 1. The van der Waals surface area contributed by atoms with Gasteiger partial charge in [-0.3, -0.25) is 4.99 Å². The molecule has 0 saturated carbocycles. The monoisotopic (exact) mass is 281 g/mol. The van der Waals surface area contributed by atoms with Gasteiger partial charge in [-0.15, -0.1) is 0 Å². The normalized spacial score (nSPS) is 11.8. The predicted octanol–water partition coefficient (Wildman–Crippen LogP) is 5.03. The highest BCUT2D eigenvalue weighted by atomic mass is 16.5. The van der Waals surface area contributed by atoms with Crippen molar-refractivity contribution in [2.75, 3.05) is 7.11 Å². The van der Waals surface area contributed by atoms with Crippen LogP contribution in [0.2, 0.25) is 0 Å². The molecule has 0 radical (unpaired) electrons. The van der Waals surface area contributed by atoms with E-state index in [2.05, 4.69) is 43.1 Å². The van der Waals surface area contributed by atoms with E-state index in [9.17, 15) is 0 Å². The first-order chi connectivity index (χ1) is 10.1. The van der Waals surface area contributed by atoms with Crippen LogP contribution in [0.3, 0.4) is 0 Å². The molecule has 0 fully saturated rings. The molecule has 0 aliphatic rings. The maximum Gasteiger partial charge on any atom is 0.119 e. The Hall–Kier alpha value is -2.09. The minimum atomic E-state index is 0.685. The first-order valence-corrected chi connectivity index (χ1v) is 7.37. The number of hydrogen-bond donors (Lipinski definition) is 0. The molecule has 0 unspecified atom stereocenters. The average molecular weight is 281 g/mol. The number of hydrogen-bond acceptors (Lipinski definition) is 2. The van der Waals surface area contributed by atoms with Crippen LogP contribution >= 0.6 is 0 Å². The van der Waals surface area contributed by atoms with E-state index in [1.165, 1.54) is 11.1 Å². The predicted molar refractivity (Wildman–Crippen MR) is 89.8 cm³/mol. The van der Waals surface area contributed by atoms with E-state index < -0.39 is 0 Å². The van der Waals surface area contributed by atoms with Crippen LogP contribution in [-0.2, 0) is 6.42 Å². The summed E-state index contributed by atoms with van der Waals surface area (Å²) in [5.74, 6) is 1.54. The van der Waals surface area contributed by atoms with E-state index in [1.54, 1.807) is 7.11 Å². The van der Waals surface area contributed by atoms with Crippen molar-refractivity contribution in [2.45, 2.75) is 27.2 Å². The van der Waals surface area contributed by atoms with Crippen LogP contribution in [0, 0.1) is 5.92 Å². The quantitative estimate of drug-likeness (QED) is 0.704. The zero-order valence-electron chi connectivity index (χ0n) is 13.3. The molecule has 0 aromatic heterocycles.